The summed E-state index contributed by atoms with van der Waals surface area (Å²) in [6.45, 7) is 6.81. The average molecular weight is 217 g/mol. The Labute approximate surface area is 89.5 Å². The number of amides is 1. The largest absolute Gasteiger partial charge is 0.480 e. The first-order valence-electron chi connectivity index (χ1n) is 4.98. The van der Waals surface area contributed by atoms with Crippen LogP contribution in [0.2, 0.25) is 0 Å². The summed E-state index contributed by atoms with van der Waals surface area (Å²) >= 11 is 0. The zero-order chi connectivity index (χ0) is 12.2. The summed E-state index contributed by atoms with van der Waals surface area (Å²) in [6.07, 6.45) is -1.11. The lowest BCUT2D eigenvalue weighted by atomic mass is 9.96. The molecule has 1 amide bonds. The van der Waals surface area contributed by atoms with Crippen LogP contribution in [0.5, 0.6) is 0 Å². The molecule has 0 aromatic heterocycles. The number of aliphatic hydroxyl groups excluding tert-OH is 1. The lowest BCUT2D eigenvalue weighted by Crippen LogP contribution is -2.49. The molecule has 0 radical (unpaired) electrons. The smallest absolute Gasteiger partial charge is 0.328 e. The second-order valence-electron chi connectivity index (χ2n) is 4.10. The highest BCUT2D eigenvalue weighted by Gasteiger charge is 2.27. The van der Waals surface area contributed by atoms with Gasteiger partial charge in [0.2, 0.25) is 5.91 Å². The van der Waals surface area contributed by atoms with Crippen molar-refractivity contribution in [1.82, 2.24) is 5.32 Å². The van der Waals surface area contributed by atoms with Gasteiger partial charge in [0.15, 0.2) is 6.04 Å². The normalized spacial score (nSPS) is 16.9. The molecule has 0 aromatic carbocycles. The van der Waals surface area contributed by atoms with Crippen molar-refractivity contribution < 1.29 is 19.8 Å². The Bertz CT molecular complexity index is 238. The minimum absolute atomic E-state index is 0.133. The maximum Gasteiger partial charge on any atom is 0.328 e. The van der Waals surface area contributed by atoms with Gasteiger partial charge in [-0.15, -0.1) is 0 Å². The minimum atomic E-state index is -1.24. The Hall–Kier alpha value is -1.10. The second-order valence-corrected chi connectivity index (χ2v) is 4.10. The predicted molar refractivity (Wildman–Crippen MR) is 55.2 cm³/mol. The second kappa shape index (κ2) is 5.70. The number of hydrogen-bond donors (Lipinski definition) is 3. The summed E-state index contributed by atoms with van der Waals surface area (Å²) in [5, 5.41) is 20.2. The highest BCUT2D eigenvalue weighted by atomic mass is 16.4. The van der Waals surface area contributed by atoms with E-state index in [4.69, 9.17) is 10.2 Å². The fourth-order valence-electron chi connectivity index (χ4n) is 0.976. The summed E-state index contributed by atoms with van der Waals surface area (Å²) in [7, 11) is 0. The van der Waals surface area contributed by atoms with Gasteiger partial charge in [0, 0.05) is 5.92 Å². The monoisotopic (exact) mass is 217 g/mol. The van der Waals surface area contributed by atoms with Crippen molar-refractivity contribution in [2.24, 2.45) is 11.8 Å². The molecule has 88 valence electrons. The van der Waals surface area contributed by atoms with Crippen molar-refractivity contribution >= 4 is 11.9 Å². The molecule has 0 spiro atoms. The van der Waals surface area contributed by atoms with Gasteiger partial charge in [-0.1, -0.05) is 20.8 Å². The predicted octanol–water partition coefficient (Wildman–Crippen LogP) is 0.229. The number of carboxylic acid groups (broad SMARTS) is 1. The van der Waals surface area contributed by atoms with E-state index in [2.05, 4.69) is 5.32 Å². The molecule has 0 aliphatic rings. The van der Waals surface area contributed by atoms with Crippen LogP contribution in [0.3, 0.4) is 0 Å². The molecule has 0 rings (SSSR count). The standard InChI is InChI=1S/C10H19NO4/c1-5(2)6(3)9(13)11-8(7(4)12)10(14)15/h5-8,12H,1-4H3,(H,11,13)(H,14,15)/t6?,7-,8+/m1/s1. The van der Waals surface area contributed by atoms with E-state index in [9.17, 15) is 9.59 Å². The van der Waals surface area contributed by atoms with Crippen molar-refractivity contribution in [3.05, 3.63) is 0 Å². The SMILES string of the molecule is CC(C)C(C)C(=O)N[C@H](C(=O)O)[C@@H](C)O. The minimum Gasteiger partial charge on any atom is -0.480 e. The van der Waals surface area contributed by atoms with E-state index < -0.39 is 18.1 Å². The zero-order valence-corrected chi connectivity index (χ0v) is 9.52. The molecule has 0 aliphatic carbocycles. The molecule has 3 atom stereocenters. The first-order chi connectivity index (χ1) is 6.77. The Kier molecular flexibility index (Phi) is 5.28. The number of carbonyl (C=O) groups is 2. The van der Waals surface area contributed by atoms with Gasteiger partial charge in [-0.05, 0) is 12.8 Å². The lowest BCUT2D eigenvalue weighted by Gasteiger charge is -2.21. The van der Waals surface area contributed by atoms with Gasteiger partial charge in [0.25, 0.3) is 0 Å². The molecule has 15 heavy (non-hydrogen) atoms. The fourth-order valence-corrected chi connectivity index (χ4v) is 0.976. The molecule has 3 N–H and O–H groups in total. The first-order valence-corrected chi connectivity index (χ1v) is 4.98. The molecule has 0 aromatic rings. The van der Waals surface area contributed by atoms with Gasteiger partial charge in [-0.2, -0.15) is 0 Å². The molecule has 0 saturated heterocycles. The van der Waals surface area contributed by atoms with Crippen LogP contribution < -0.4 is 5.32 Å². The highest BCUT2D eigenvalue weighted by Crippen LogP contribution is 2.10. The molecule has 5 heteroatoms. The van der Waals surface area contributed by atoms with E-state index in [0.29, 0.717) is 0 Å². The Morgan fingerprint density at radius 2 is 1.60 bits per heavy atom. The summed E-state index contributed by atoms with van der Waals surface area (Å²) in [4.78, 5) is 22.2. The lowest BCUT2D eigenvalue weighted by molar-refractivity contribution is -0.145. The fraction of sp³-hybridized carbons (Fsp3) is 0.800. The number of hydrogen-bond acceptors (Lipinski definition) is 3. The van der Waals surface area contributed by atoms with Gasteiger partial charge >= 0.3 is 5.97 Å². The number of aliphatic carboxylic acids is 1. The van der Waals surface area contributed by atoms with Crippen LogP contribution in [-0.2, 0) is 9.59 Å². The van der Waals surface area contributed by atoms with E-state index in [1.807, 2.05) is 13.8 Å². The number of nitrogens with one attached hydrogen (secondary N) is 1. The van der Waals surface area contributed by atoms with Crippen molar-refractivity contribution in [3.8, 4) is 0 Å². The van der Waals surface area contributed by atoms with Gasteiger partial charge in [-0.3, -0.25) is 4.79 Å². The Morgan fingerprint density at radius 3 is 1.87 bits per heavy atom. The molecule has 0 saturated carbocycles. The van der Waals surface area contributed by atoms with E-state index in [1.165, 1.54) is 6.92 Å². The summed E-state index contributed by atoms with van der Waals surface area (Å²) in [5.41, 5.74) is 0. The molecular formula is C10H19NO4. The van der Waals surface area contributed by atoms with Crippen LogP contribution in [0.15, 0.2) is 0 Å². The molecule has 1 unspecified atom stereocenters. The third-order valence-electron chi connectivity index (χ3n) is 2.46. The third kappa shape index (κ3) is 4.29. The van der Waals surface area contributed by atoms with E-state index in [-0.39, 0.29) is 17.7 Å². The maximum atomic E-state index is 11.5. The average Bonchev–Trinajstić information content (AvgIpc) is 2.11. The van der Waals surface area contributed by atoms with Crippen molar-refractivity contribution in [2.45, 2.75) is 39.8 Å². The summed E-state index contributed by atoms with van der Waals surface area (Å²) < 4.78 is 0. The molecule has 0 bridgehead atoms. The summed E-state index contributed by atoms with van der Waals surface area (Å²) in [6, 6.07) is -1.24. The van der Waals surface area contributed by atoms with E-state index in [1.54, 1.807) is 6.92 Å². The van der Waals surface area contributed by atoms with Gasteiger partial charge < -0.3 is 15.5 Å². The van der Waals surface area contributed by atoms with Crippen LogP contribution in [0.1, 0.15) is 27.7 Å². The molecular weight excluding hydrogens is 198 g/mol. The van der Waals surface area contributed by atoms with Crippen LogP contribution in [0, 0.1) is 11.8 Å². The van der Waals surface area contributed by atoms with Gasteiger partial charge in [0.05, 0.1) is 6.10 Å². The first kappa shape index (κ1) is 13.9. The van der Waals surface area contributed by atoms with E-state index >= 15 is 0 Å². The topological polar surface area (TPSA) is 86.6 Å². The van der Waals surface area contributed by atoms with Crippen LogP contribution in [0.4, 0.5) is 0 Å². The molecule has 5 nitrogen and oxygen atoms in total. The van der Waals surface area contributed by atoms with Gasteiger partial charge in [-0.25, -0.2) is 4.79 Å². The van der Waals surface area contributed by atoms with E-state index in [0.717, 1.165) is 0 Å². The number of carbonyl (C=O) groups excluding carboxylic acids is 1. The molecule has 0 aliphatic heterocycles. The molecule has 0 heterocycles. The summed E-state index contributed by atoms with van der Waals surface area (Å²) in [5.74, 6) is -1.72. The number of rotatable bonds is 5. The zero-order valence-electron chi connectivity index (χ0n) is 9.52. The van der Waals surface area contributed by atoms with Crippen LogP contribution in [-0.4, -0.2) is 34.2 Å². The van der Waals surface area contributed by atoms with Crippen molar-refractivity contribution in [2.75, 3.05) is 0 Å². The number of carboxylic acids is 1. The van der Waals surface area contributed by atoms with Crippen LogP contribution in [0.25, 0.3) is 0 Å². The third-order valence-corrected chi connectivity index (χ3v) is 2.46. The molecule has 0 fully saturated rings. The highest BCUT2D eigenvalue weighted by molar-refractivity contribution is 5.85. The Balaban J connectivity index is 4.43. The van der Waals surface area contributed by atoms with Crippen molar-refractivity contribution in [3.63, 3.8) is 0 Å². The van der Waals surface area contributed by atoms with Crippen LogP contribution >= 0.6 is 0 Å². The quantitative estimate of drug-likeness (QED) is 0.615. The Morgan fingerprint density at radius 1 is 1.13 bits per heavy atom. The van der Waals surface area contributed by atoms with Crippen molar-refractivity contribution in [1.29, 1.82) is 0 Å². The van der Waals surface area contributed by atoms with Gasteiger partial charge in [0.1, 0.15) is 0 Å². The number of aliphatic hydroxyl groups is 1. The maximum absolute atomic E-state index is 11.5.